The summed E-state index contributed by atoms with van der Waals surface area (Å²) in [5.74, 6) is 3.04. The monoisotopic (exact) mass is 397 g/mol. The Bertz CT molecular complexity index is 589. The number of halogens is 1. The topological polar surface area (TPSA) is 64.1 Å². The summed E-state index contributed by atoms with van der Waals surface area (Å²) in [7, 11) is 0. The molecule has 3 rings (SSSR count). The molecular formula is C17H24BrN3O3. The van der Waals surface area contributed by atoms with Gasteiger partial charge in [0, 0.05) is 26.3 Å². The number of ether oxygens (including phenoxy) is 3. The van der Waals surface area contributed by atoms with E-state index in [4.69, 9.17) is 14.2 Å². The third-order valence-corrected chi connectivity index (χ3v) is 4.74. The van der Waals surface area contributed by atoms with Crippen molar-refractivity contribution in [2.75, 3.05) is 33.1 Å². The normalized spacial score (nSPS) is 17.8. The highest BCUT2D eigenvalue weighted by molar-refractivity contribution is 9.10. The molecule has 2 aliphatic rings. The lowest BCUT2D eigenvalue weighted by molar-refractivity contribution is 0.0675. The predicted octanol–water partition coefficient (Wildman–Crippen LogP) is 2.66. The van der Waals surface area contributed by atoms with Crippen molar-refractivity contribution >= 4 is 21.9 Å². The molecule has 7 heteroatoms. The van der Waals surface area contributed by atoms with Crippen LogP contribution in [-0.2, 0) is 11.3 Å². The van der Waals surface area contributed by atoms with Gasteiger partial charge in [0.05, 0.1) is 11.0 Å². The Morgan fingerprint density at radius 2 is 2.08 bits per heavy atom. The van der Waals surface area contributed by atoms with E-state index in [1.807, 2.05) is 12.1 Å². The van der Waals surface area contributed by atoms with Gasteiger partial charge in [-0.05, 0) is 59.3 Å². The number of hydrogen-bond acceptors (Lipinski definition) is 4. The summed E-state index contributed by atoms with van der Waals surface area (Å²) in [4.78, 5) is 4.68. The minimum atomic E-state index is 0.274. The molecule has 0 amide bonds. The van der Waals surface area contributed by atoms with Crippen LogP contribution in [-0.4, -0.2) is 39.1 Å². The first-order valence-corrected chi connectivity index (χ1v) is 9.23. The molecule has 0 radical (unpaired) electrons. The number of benzene rings is 1. The maximum atomic E-state index is 5.46. The minimum Gasteiger partial charge on any atom is -0.454 e. The molecule has 1 saturated heterocycles. The Morgan fingerprint density at radius 1 is 1.25 bits per heavy atom. The number of nitrogens with one attached hydrogen (secondary N) is 2. The summed E-state index contributed by atoms with van der Waals surface area (Å²) in [6.07, 6.45) is 2.23. The Morgan fingerprint density at radius 3 is 2.88 bits per heavy atom. The standard InChI is InChI=1S/C17H24BrN3O3/c1-2-19-17(20-9-12-3-5-22-6-4-12)21-10-13-7-14(18)16-15(8-13)23-11-24-16/h7-8,12H,2-6,9-11H2,1H3,(H2,19,20,21). The highest BCUT2D eigenvalue weighted by atomic mass is 79.9. The molecule has 0 saturated carbocycles. The zero-order chi connectivity index (χ0) is 16.8. The van der Waals surface area contributed by atoms with Gasteiger partial charge in [0.1, 0.15) is 0 Å². The second kappa shape index (κ2) is 8.58. The second-order valence-electron chi connectivity index (χ2n) is 5.94. The molecule has 1 aromatic carbocycles. The van der Waals surface area contributed by atoms with Crippen LogP contribution in [0.5, 0.6) is 11.5 Å². The summed E-state index contributed by atoms with van der Waals surface area (Å²) in [5, 5.41) is 6.74. The van der Waals surface area contributed by atoms with Crippen LogP contribution in [0, 0.1) is 5.92 Å². The number of nitrogens with zero attached hydrogens (tertiary/aromatic N) is 1. The number of aliphatic imine (C=N–C) groups is 1. The lowest BCUT2D eigenvalue weighted by Crippen LogP contribution is -2.40. The molecule has 6 nitrogen and oxygen atoms in total. The fourth-order valence-electron chi connectivity index (χ4n) is 2.82. The first-order chi connectivity index (χ1) is 11.8. The second-order valence-corrected chi connectivity index (χ2v) is 6.80. The number of rotatable bonds is 5. The fourth-order valence-corrected chi connectivity index (χ4v) is 3.42. The van der Waals surface area contributed by atoms with Crippen LogP contribution in [0.3, 0.4) is 0 Å². The quantitative estimate of drug-likeness (QED) is 0.590. The summed E-state index contributed by atoms with van der Waals surface area (Å²) >= 11 is 3.52. The Hall–Kier alpha value is -1.47. The molecule has 2 aliphatic heterocycles. The Labute approximate surface area is 151 Å². The van der Waals surface area contributed by atoms with Crippen LogP contribution in [0.1, 0.15) is 25.3 Å². The molecule has 132 valence electrons. The third-order valence-electron chi connectivity index (χ3n) is 4.15. The van der Waals surface area contributed by atoms with Crippen molar-refractivity contribution in [1.29, 1.82) is 0 Å². The number of fused-ring (bicyclic) bond motifs is 1. The average molecular weight is 398 g/mol. The lowest BCUT2D eigenvalue weighted by atomic mass is 10.0. The van der Waals surface area contributed by atoms with Crippen LogP contribution in [0.25, 0.3) is 0 Å². The van der Waals surface area contributed by atoms with E-state index in [1.165, 1.54) is 0 Å². The third kappa shape index (κ3) is 4.54. The predicted molar refractivity (Wildman–Crippen MR) is 96.6 cm³/mol. The zero-order valence-corrected chi connectivity index (χ0v) is 15.5. The zero-order valence-electron chi connectivity index (χ0n) is 13.9. The number of guanidine groups is 1. The Balaban J connectivity index is 1.59. The van der Waals surface area contributed by atoms with E-state index in [0.717, 1.165) is 66.6 Å². The van der Waals surface area contributed by atoms with E-state index in [0.29, 0.717) is 12.5 Å². The first-order valence-electron chi connectivity index (χ1n) is 8.44. The maximum absolute atomic E-state index is 5.46. The molecular weight excluding hydrogens is 374 g/mol. The van der Waals surface area contributed by atoms with Gasteiger partial charge in [-0.2, -0.15) is 0 Å². The van der Waals surface area contributed by atoms with E-state index in [9.17, 15) is 0 Å². The van der Waals surface area contributed by atoms with Crippen LogP contribution in [0.15, 0.2) is 21.6 Å². The van der Waals surface area contributed by atoms with Crippen molar-refractivity contribution in [1.82, 2.24) is 10.6 Å². The summed E-state index contributed by atoms with van der Waals surface area (Å²) < 4.78 is 17.2. The molecule has 0 atom stereocenters. The van der Waals surface area contributed by atoms with Gasteiger partial charge in [-0.25, -0.2) is 4.99 Å². The number of hydrogen-bond donors (Lipinski definition) is 2. The van der Waals surface area contributed by atoms with E-state index in [1.54, 1.807) is 0 Å². The van der Waals surface area contributed by atoms with Crippen LogP contribution < -0.4 is 20.1 Å². The largest absolute Gasteiger partial charge is 0.454 e. The van der Waals surface area contributed by atoms with Gasteiger partial charge >= 0.3 is 0 Å². The lowest BCUT2D eigenvalue weighted by Gasteiger charge is -2.23. The molecule has 0 aromatic heterocycles. The molecule has 1 fully saturated rings. The van der Waals surface area contributed by atoms with Crippen molar-refractivity contribution in [3.63, 3.8) is 0 Å². The van der Waals surface area contributed by atoms with Crippen molar-refractivity contribution < 1.29 is 14.2 Å². The summed E-state index contributed by atoms with van der Waals surface area (Å²) in [6, 6.07) is 4.01. The molecule has 0 spiro atoms. The SMILES string of the molecule is CCNC(=NCc1cc(Br)c2c(c1)OCO2)NCC1CCOCC1. The van der Waals surface area contributed by atoms with Gasteiger partial charge in [-0.15, -0.1) is 0 Å². The van der Waals surface area contributed by atoms with E-state index < -0.39 is 0 Å². The van der Waals surface area contributed by atoms with Gasteiger partial charge in [0.25, 0.3) is 0 Å². The molecule has 0 aliphatic carbocycles. The van der Waals surface area contributed by atoms with Crippen molar-refractivity contribution in [2.45, 2.75) is 26.3 Å². The summed E-state index contributed by atoms with van der Waals surface area (Å²) in [5.41, 5.74) is 1.08. The van der Waals surface area contributed by atoms with E-state index in [2.05, 4.69) is 38.5 Å². The van der Waals surface area contributed by atoms with Gasteiger partial charge in [-0.1, -0.05) is 0 Å². The van der Waals surface area contributed by atoms with Crippen LogP contribution >= 0.6 is 15.9 Å². The first kappa shape index (κ1) is 17.4. The average Bonchev–Trinajstić information content (AvgIpc) is 3.07. The van der Waals surface area contributed by atoms with Gasteiger partial charge in [0.15, 0.2) is 17.5 Å². The fraction of sp³-hybridized carbons (Fsp3) is 0.588. The highest BCUT2D eigenvalue weighted by Crippen LogP contribution is 2.40. The Kier molecular flexibility index (Phi) is 6.20. The van der Waals surface area contributed by atoms with Gasteiger partial charge in [-0.3, -0.25) is 0 Å². The van der Waals surface area contributed by atoms with E-state index >= 15 is 0 Å². The van der Waals surface area contributed by atoms with Crippen molar-refractivity contribution in [3.05, 3.63) is 22.2 Å². The van der Waals surface area contributed by atoms with Gasteiger partial charge < -0.3 is 24.8 Å². The minimum absolute atomic E-state index is 0.274. The van der Waals surface area contributed by atoms with Crippen molar-refractivity contribution in [2.24, 2.45) is 10.9 Å². The molecule has 0 unspecified atom stereocenters. The van der Waals surface area contributed by atoms with Crippen LogP contribution in [0.2, 0.25) is 0 Å². The highest BCUT2D eigenvalue weighted by Gasteiger charge is 2.18. The molecule has 24 heavy (non-hydrogen) atoms. The maximum Gasteiger partial charge on any atom is 0.231 e. The smallest absolute Gasteiger partial charge is 0.231 e. The molecule has 1 aromatic rings. The molecule has 0 bridgehead atoms. The van der Waals surface area contributed by atoms with Gasteiger partial charge in [0.2, 0.25) is 6.79 Å². The van der Waals surface area contributed by atoms with E-state index in [-0.39, 0.29) is 6.79 Å². The molecule has 2 heterocycles. The van der Waals surface area contributed by atoms with Crippen LogP contribution in [0.4, 0.5) is 0 Å². The van der Waals surface area contributed by atoms with Crippen molar-refractivity contribution in [3.8, 4) is 11.5 Å². The molecule has 2 N–H and O–H groups in total. The summed E-state index contributed by atoms with van der Waals surface area (Å²) in [6.45, 7) is 6.43.